The number of carbonyl (C=O) groups is 1. The molecule has 0 bridgehead atoms. The van der Waals surface area contributed by atoms with E-state index in [4.69, 9.17) is 0 Å². The van der Waals surface area contributed by atoms with E-state index in [1.807, 2.05) is 0 Å². The highest BCUT2D eigenvalue weighted by atomic mass is 32.1. The van der Waals surface area contributed by atoms with Gasteiger partial charge in [0, 0.05) is 13.0 Å². The molecule has 1 aromatic rings. The number of likely N-dealkylation sites (tertiary alicyclic amines) is 1. The first-order chi connectivity index (χ1) is 8.93. The second-order valence-corrected chi connectivity index (χ2v) is 5.02. The molecule has 1 heterocycles. The predicted octanol–water partition coefficient (Wildman–Crippen LogP) is 3.07. The zero-order chi connectivity index (χ0) is 14.0. The van der Waals surface area contributed by atoms with Gasteiger partial charge in [-0.25, -0.2) is 0 Å². The number of nitrogens with zero attached hydrogens (tertiary/aromatic N) is 1. The van der Waals surface area contributed by atoms with E-state index >= 15 is 0 Å². The first-order valence-corrected chi connectivity index (χ1v) is 6.58. The minimum Gasteiger partial charge on any atom is -0.326 e. The SMILES string of the molecule is O=C1CC(CS)CN1C(c1ccccc1)C(F)(F)F. The van der Waals surface area contributed by atoms with Gasteiger partial charge >= 0.3 is 6.18 Å². The van der Waals surface area contributed by atoms with E-state index < -0.39 is 18.1 Å². The third kappa shape index (κ3) is 3.05. The minimum atomic E-state index is -4.47. The van der Waals surface area contributed by atoms with Crippen LogP contribution in [-0.4, -0.2) is 29.3 Å². The van der Waals surface area contributed by atoms with Gasteiger partial charge in [0.2, 0.25) is 5.91 Å². The second-order valence-electron chi connectivity index (χ2n) is 4.65. The second kappa shape index (κ2) is 5.45. The summed E-state index contributed by atoms with van der Waals surface area (Å²) in [6.45, 7) is 0.113. The molecule has 19 heavy (non-hydrogen) atoms. The summed E-state index contributed by atoms with van der Waals surface area (Å²) in [5, 5.41) is 0. The fraction of sp³-hybridized carbons (Fsp3) is 0.462. The van der Waals surface area contributed by atoms with Gasteiger partial charge in [0.05, 0.1) is 0 Å². The summed E-state index contributed by atoms with van der Waals surface area (Å²) in [5.41, 5.74) is 0.100. The number of thiol groups is 1. The fourth-order valence-electron chi connectivity index (χ4n) is 2.36. The molecule has 1 saturated heterocycles. The first-order valence-electron chi connectivity index (χ1n) is 5.95. The van der Waals surface area contributed by atoms with Gasteiger partial charge in [-0.3, -0.25) is 4.79 Å². The molecule has 0 saturated carbocycles. The molecule has 0 spiro atoms. The molecule has 1 amide bonds. The van der Waals surface area contributed by atoms with Crippen molar-refractivity contribution in [2.75, 3.05) is 12.3 Å². The van der Waals surface area contributed by atoms with E-state index in [1.54, 1.807) is 18.2 Å². The third-order valence-electron chi connectivity index (χ3n) is 3.23. The lowest BCUT2D eigenvalue weighted by Gasteiger charge is -2.30. The molecule has 0 aromatic heterocycles. The van der Waals surface area contributed by atoms with Crippen LogP contribution in [0.5, 0.6) is 0 Å². The summed E-state index contributed by atoms with van der Waals surface area (Å²) in [6, 6.07) is 5.69. The fourth-order valence-corrected chi connectivity index (χ4v) is 2.61. The molecule has 6 heteroatoms. The molecule has 1 aliphatic rings. The van der Waals surface area contributed by atoms with Crippen molar-refractivity contribution in [2.24, 2.45) is 5.92 Å². The number of benzene rings is 1. The molecule has 0 radical (unpaired) electrons. The normalized spacial score (nSPS) is 21.8. The van der Waals surface area contributed by atoms with Gasteiger partial charge in [0.25, 0.3) is 0 Å². The summed E-state index contributed by atoms with van der Waals surface area (Å²) in [5.74, 6) is -0.142. The largest absolute Gasteiger partial charge is 0.413 e. The number of carbonyl (C=O) groups excluding carboxylic acids is 1. The lowest BCUT2D eigenvalue weighted by Crippen LogP contribution is -2.39. The number of hydrogen-bond donors (Lipinski definition) is 1. The Kier molecular flexibility index (Phi) is 4.08. The van der Waals surface area contributed by atoms with Crippen molar-refractivity contribution in [2.45, 2.75) is 18.6 Å². The van der Waals surface area contributed by atoms with Gasteiger partial charge < -0.3 is 4.90 Å². The van der Waals surface area contributed by atoms with Crippen LogP contribution < -0.4 is 0 Å². The van der Waals surface area contributed by atoms with Gasteiger partial charge in [0.15, 0.2) is 6.04 Å². The van der Waals surface area contributed by atoms with Crippen molar-refractivity contribution in [3.63, 3.8) is 0 Å². The van der Waals surface area contributed by atoms with E-state index in [1.165, 1.54) is 12.1 Å². The van der Waals surface area contributed by atoms with Crippen LogP contribution >= 0.6 is 12.6 Å². The lowest BCUT2D eigenvalue weighted by atomic mass is 10.1. The molecule has 2 atom stereocenters. The molecular weight excluding hydrogens is 275 g/mol. The van der Waals surface area contributed by atoms with E-state index in [0.717, 1.165) is 4.90 Å². The molecule has 1 aliphatic heterocycles. The minimum absolute atomic E-state index is 0.100. The van der Waals surface area contributed by atoms with Gasteiger partial charge in [-0.1, -0.05) is 30.3 Å². The predicted molar refractivity (Wildman–Crippen MR) is 68.9 cm³/mol. The Hall–Kier alpha value is -1.17. The monoisotopic (exact) mass is 289 g/mol. The molecule has 1 fully saturated rings. The van der Waals surface area contributed by atoms with E-state index in [9.17, 15) is 18.0 Å². The maximum Gasteiger partial charge on any atom is 0.413 e. The van der Waals surface area contributed by atoms with Crippen LogP contribution in [0.4, 0.5) is 13.2 Å². The van der Waals surface area contributed by atoms with Crippen LogP contribution in [0.3, 0.4) is 0 Å². The smallest absolute Gasteiger partial charge is 0.326 e. The van der Waals surface area contributed by atoms with Crippen molar-refractivity contribution in [1.82, 2.24) is 4.90 Å². The summed E-state index contributed by atoms with van der Waals surface area (Å²) in [6.07, 6.45) is -4.33. The number of alkyl halides is 3. The van der Waals surface area contributed by atoms with Crippen LogP contribution in [0.1, 0.15) is 18.0 Å². The van der Waals surface area contributed by atoms with Gasteiger partial charge in [-0.2, -0.15) is 25.8 Å². The van der Waals surface area contributed by atoms with E-state index in [-0.39, 0.29) is 24.4 Å². The van der Waals surface area contributed by atoms with Crippen molar-refractivity contribution >= 4 is 18.5 Å². The van der Waals surface area contributed by atoms with Crippen molar-refractivity contribution in [3.8, 4) is 0 Å². The quantitative estimate of drug-likeness (QED) is 0.848. The molecule has 0 N–H and O–H groups in total. The molecular formula is C13H14F3NOS. The molecule has 104 valence electrons. The molecule has 2 unspecified atom stereocenters. The zero-order valence-corrected chi connectivity index (χ0v) is 11.0. The summed E-state index contributed by atoms with van der Waals surface area (Å²) in [7, 11) is 0. The van der Waals surface area contributed by atoms with Crippen molar-refractivity contribution < 1.29 is 18.0 Å². The van der Waals surface area contributed by atoms with E-state index in [2.05, 4.69) is 12.6 Å². The number of rotatable bonds is 3. The number of amides is 1. The summed E-state index contributed by atoms with van der Waals surface area (Å²) < 4.78 is 39.7. The van der Waals surface area contributed by atoms with Crippen LogP contribution in [-0.2, 0) is 4.79 Å². The summed E-state index contributed by atoms with van der Waals surface area (Å²) in [4.78, 5) is 12.7. The number of halogens is 3. The Balaban J connectivity index is 2.32. The Morgan fingerprint density at radius 2 is 1.95 bits per heavy atom. The molecule has 0 aliphatic carbocycles. The molecule has 2 rings (SSSR count). The first kappa shape index (κ1) is 14.2. The van der Waals surface area contributed by atoms with Gasteiger partial charge in [0.1, 0.15) is 0 Å². The Morgan fingerprint density at radius 1 is 1.32 bits per heavy atom. The maximum absolute atomic E-state index is 13.2. The van der Waals surface area contributed by atoms with Crippen LogP contribution in [0, 0.1) is 5.92 Å². The number of hydrogen-bond acceptors (Lipinski definition) is 2. The highest BCUT2D eigenvalue weighted by Gasteiger charge is 2.48. The maximum atomic E-state index is 13.2. The average molecular weight is 289 g/mol. The Morgan fingerprint density at radius 3 is 2.42 bits per heavy atom. The Bertz CT molecular complexity index is 449. The average Bonchev–Trinajstić information content (AvgIpc) is 2.71. The zero-order valence-electron chi connectivity index (χ0n) is 10.1. The standard InChI is InChI=1S/C13H14F3NOS/c14-13(15,16)12(10-4-2-1-3-5-10)17-7-9(8-19)6-11(17)18/h1-5,9,12,19H,6-8H2. The lowest BCUT2D eigenvalue weighted by molar-refractivity contribution is -0.189. The van der Waals surface area contributed by atoms with Crippen LogP contribution in [0.25, 0.3) is 0 Å². The molecule has 2 nitrogen and oxygen atoms in total. The van der Waals surface area contributed by atoms with Gasteiger partial charge in [-0.05, 0) is 17.2 Å². The third-order valence-corrected chi connectivity index (χ3v) is 3.75. The molecule has 1 aromatic carbocycles. The summed E-state index contributed by atoms with van der Waals surface area (Å²) >= 11 is 4.07. The highest BCUT2D eigenvalue weighted by molar-refractivity contribution is 7.80. The topological polar surface area (TPSA) is 20.3 Å². The van der Waals surface area contributed by atoms with Crippen LogP contribution in [0.2, 0.25) is 0 Å². The van der Waals surface area contributed by atoms with Crippen molar-refractivity contribution in [1.29, 1.82) is 0 Å². The van der Waals surface area contributed by atoms with Crippen LogP contribution in [0.15, 0.2) is 30.3 Å². The van der Waals surface area contributed by atoms with Crippen molar-refractivity contribution in [3.05, 3.63) is 35.9 Å². The Labute approximate surface area is 115 Å². The highest BCUT2D eigenvalue weighted by Crippen LogP contribution is 2.40. The van der Waals surface area contributed by atoms with E-state index in [0.29, 0.717) is 5.75 Å². The van der Waals surface area contributed by atoms with Gasteiger partial charge in [-0.15, -0.1) is 0 Å².